The van der Waals surface area contributed by atoms with Gasteiger partial charge in [-0.2, -0.15) is 5.10 Å². The Morgan fingerprint density at radius 1 is 1.33 bits per heavy atom. The Balaban J connectivity index is 1.84. The Hall–Kier alpha value is -2.76. The van der Waals surface area contributed by atoms with Crippen molar-refractivity contribution in [2.75, 3.05) is 7.11 Å². The second kappa shape index (κ2) is 6.03. The van der Waals surface area contributed by atoms with Crippen LogP contribution in [-0.2, 0) is 7.05 Å². The topological polar surface area (TPSA) is 71.9 Å². The van der Waals surface area contributed by atoms with Crippen molar-refractivity contribution in [3.05, 3.63) is 46.9 Å². The lowest BCUT2D eigenvalue weighted by atomic mass is 10.1. The number of hydrogen-bond donors (Lipinski definition) is 2. The Morgan fingerprint density at radius 2 is 2.08 bits per heavy atom. The minimum absolute atomic E-state index is 0.118. The summed E-state index contributed by atoms with van der Waals surface area (Å²) in [5.41, 5.74) is 4.46. The summed E-state index contributed by atoms with van der Waals surface area (Å²) in [7, 11) is 3.53. The molecule has 2 aromatic heterocycles. The largest absolute Gasteiger partial charge is 0.497 e. The van der Waals surface area contributed by atoms with Crippen LogP contribution in [0.4, 0.5) is 0 Å². The van der Waals surface area contributed by atoms with E-state index in [0.29, 0.717) is 5.69 Å². The van der Waals surface area contributed by atoms with Gasteiger partial charge in [0.15, 0.2) is 0 Å². The maximum Gasteiger partial charge on any atom is 0.268 e. The summed E-state index contributed by atoms with van der Waals surface area (Å²) in [6.07, 6.45) is 0. The van der Waals surface area contributed by atoms with Crippen LogP contribution in [0.1, 0.15) is 40.4 Å². The number of carbonyl (C=O) groups excluding carboxylic acids is 1. The number of fused-ring (bicyclic) bond motifs is 1. The van der Waals surface area contributed by atoms with E-state index in [0.717, 1.165) is 33.6 Å². The SMILES string of the molecule is COc1ccc2cc(C(=O)N[C@H](C)c3c(C)nn(C)c3C)[nH]c2c1. The van der Waals surface area contributed by atoms with Crippen LogP contribution in [-0.4, -0.2) is 27.8 Å². The van der Waals surface area contributed by atoms with Gasteiger partial charge in [-0.05, 0) is 39.0 Å². The lowest BCUT2D eigenvalue weighted by Gasteiger charge is -2.14. The van der Waals surface area contributed by atoms with E-state index in [-0.39, 0.29) is 11.9 Å². The summed E-state index contributed by atoms with van der Waals surface area (Å²) in [6, 6.07) is 7.42. The van der Waals surface area contributed by atoms with Crippen molar-refractivity contribution in [1.82, 2.24) is 20.1 Å². The second-order valence-corrected chi connectivity index (χ2v) is 6.04. The number of carbonyl (C=O) groups is 1. The van der Waals surface area contributed by atoms with E-state index < -0.39 is 0 Å². The number of benzene rings is 1. The zero-order valence-corrected chi connectivity index (χ0v) is 14.6. The van der Waals surface area contributed by atoms with E-state index in [4.69, 9.17) is 4.74 Å². The first-order valence-electron chi connectivity index (χ1n) is 7.88. The molecule has 0 spiro atoms. The summed E-state index contributed by atoms with van der Waals surface area (Å²) < 4.78 is 7.05. The van der Waals surface area contributed by atoms with Gasteiger partial charge in [0.25, 0.3) is 5.91 Å². The smallest absolute Gasteiger partial charge is 0.268 e. The highest BCUT2D eigenvalue weighted by Crippen LogP contribution is 2.23. The van der Waals surface area contributed by atoms with Crippen LogP contribution in [0, 0.1) is 13.8 Å². The molecule has 1 aromatic carbocycles. The minimum atomic E-state index is -0.139. The number of rotatable bonds is 4. The van der Waals surface area contributed by atoms with Crippen molar-refractivity contribution in [3.63, 3.8) is 0 Å². The van der Waals surface area contributed by atoms with Crippen molar-refractivity contribution in [1.29, 1.82) is 0 Å². The highest BCUT2D eigenvalue weighted by atomic mass is 16.5. The van der Waals surface area contributed by atoms with Gasteiger partial charge < -0.3 is 15.0 Å². The monoisotopic (exact) mass is 326 g/mol. The number of methoxy groups -OCH3 is 1. The molecule has 6 nitrogen and oxygen atoms in total. The van der Waals surface area contributed by atoms with Crippen molar-refractivity contribution < 1.29 is 9.53 Å². The molecule has 0 aliphatic carbocycles. The van der Waals surface area contributed by atoms with Crippen molar-refractivity contribution in [2.45, 2.75) is 26.8 Å². The van der Waals surface area contributed by atoms with Gasteiger partial charge in [-0.1, -0.05) is 0 Å². The Morgan fingerprint density at radius 3 is 2.71 bits per heavy atom. The molecule has 0 aliphatic heterocycles. The highest BCUT2D eigenvalue weighted by molar-refractivity contribution is 5.98. The number of nitrogens with one attached hydrogen (secondary N) is 2. The molecule has 1 amide bonds. The minimum Gasteiger partial charge on any atom is -0.497 e. The van der Waals surface area contributed by atoms with Crippen LogP contribution in [0.25, 0.3) is 10.9 Å². The summed E-state index contributed by atoms with van der Waals surface area (Å²) >= 11 is 0. The number of hydrogen-bond acceptors (Lipinski definition) is 3. The molecule has 0 saturated carbocycles. The molecule has 3 aromatic rings. The van der Waals surface area contributed by atoms with Crippen molar-refractivity contribution in [3.8, 4) is 5.75 Å². The van der Waals surface area contributed by atoms with Crippen LogP contribution in [0.3, 0.4) is 0 Å². The number of aryl methyl sites for hydroxylation is 2. The molecule has 0 saturated heterocycles. The molecule has 0 unspecified atom stereocenters. The Bertz CT molecular complexity index is 907. The van der Waals surface area contributed by atoms with E-state index in [1.807, 2.05) is 56.8 Å². The summed E-state index contributed by atoms with van der Waals surface area (Å²) in [4.78, 5) is 15.7. The lowest BCUT2D eigenvalue weighted by molar-refractivity contribution is 0.0935. The van der Waals surface area contributed by atoms with Crippen LogP contribution in [0.15, 0.2) is 24.3 Å². The van der Waals surface area contributed by atoms with Crippen LogP contribution >= 0.6 is 0 Å². The lowest BCUT2D eigenvalue weighted by Crippen LogP contribution is -2.27. The highest BCUT2D eigenvalue weighted by Gasteiger charge is 2.19. The quantitative estimate of drug-likeness (QED) is 0.774. The number of aromatic amines is 1. The number of amides is 1. The van der Waals surface area contributed by atoms with E-state index >= 15 is 0 Å². The average molecular weight is 326 g/mol. The molecule has 3 rings (SSSR count). The van der Waals surface area contributed by atoms with Crippen LogP contribution < -0.4 is 10.1 Å². The molecule has 0 bridgehead atoms. The molecule has 0 fully saturated rings. The summed E-state index contributed by atoms with van der Waals surface area (Å²) in [5, 5.41) is 8.43. The van der Waals surface area contributed by atoms with Crippen LogP contribution in [0.5, 0.6) is 5.75 Å². The first-order valence-corrected chi connectivity index (χ1v) is 7.88. The van der Waals surface area contributed by atoms with Gasteiger partial charge in [0.05, 0.1) is 18.8 Å². The average Bonchev–Trinajstić information content (AvgIpc) is 3.07. The van der Waals surface area contributed by atoms with Gasteiger partial charge >= 0.3 is 0 Å². The number of aromatic nitrogens is 3. The molecular formula is C18H22N4O2. The van der Waals surface area contributed by atoms with Gasteiger partial charge in [0.2, 0.25) is 0 Å². The second-order valence-electron chi connectivity index (χ2n) is 6.04. The number of H-pyrrole nitrogens is 1. The molecule has 126 valence electrons. The normalized spacial score (nSPS) is 12.4. The molecule has 2 N–H and O–H groups in total. The standard InChI is InChI=1S/C18H22N4O2/c1-10(17-11(2)21-22(4)12(17)3)19-18(23)16-8-13-6-7-14(24-5)9-15(13)20-16/h6-10,20H,1-5H3,(H,19,23)/t10-/m1/s1. The maximum absolute atomic E-state index is 12.6. The molecule has 0 radical (unpaired) electrons. The fraction of sp³-hybridized carbons (Fsp3) is 0.333. The molecule has 6 heteroatoms. The van der Waals surface area contributed by atoms with Crippen molar-refractivity contribution >= 4 is 16.8 Å². The van der Waals surface area contributed by atoms with Gasteiger partial charge in [0, 0.05) is 35.3 Å². The van der Waals surface area contributed by atoms with Gasteiger partial charge in [0.1, 0.15) is 11.4 Å². The van der Waals surface area contributed by atoms with Gasteiger partial charge in [-0.3, -0.25) is 9.48 Å². The zero-order chi connectivity index (χ0) is 17.4. The van der Waals surface area contributed by atoms with E-state index in [9.17, 15) is 4.79 Å². The molecule has 0 aliphatic rings. The van der Waals surface area contributed by atoms with Crippen LogP contribution in [0.2, 0.25) is 0 Å². The Kier molecular flexibility index (Phi) is 4.05. The predicted octanol–water partition coefficient (Wildman–Crippen LogP) is 3.02. The third-order valence-corrected chi connectivity index (χ3v) is 4.42. The van der Waals surface area contributed by atoms with E-state index in [1.54, 1.807) is 7.11 Å². The van der Waals surface area contributed by atoms with Gasteiger partial charge in [-0.15, -0.1) is 0 Å². The molecular weight excluding hydrogens is 304 g/mol. The molecule has 24 heavy (non-hydrogen) atoms. The summed E-state index contributed by atoms with van der Waals surface area (Å²) in [5.74, 6) is 0.617. The molecule has 2 heterocycles. The zero-order valence-electron chi connectivity index (χ0n) is 14.6. The number of ether oxygens (including phenoxy) is 1. The maximum atomic E-state index is 12.6. The first-order chi connectivity index (χ1) is 11.4. The molecule has 1 atom stereocenters. The Labute approximate surface area is 140 Å². The predicted molar refractivity (Wildman–Crippen MR) is 93.4 cm³/mol. The summed E-state index contributed by atoms with van der Waals surface area (Å²) in [6.45, 7) is 5.94. The van der Waals surface area contributed by atoms with Gasteiger partial charge in [-0.25, -0.2) is 0 Å². The first kappa shape index (κ1) is 16.1. The van der Waals surface area contributed by atoms with Crippen molar-refractivity contribution in [2.24, 2.45) is 7.05 Å². The fourth-order valence-corrected chi connectivity index (χ4v) is 3.12. The van der Waals surface area contributed by atoms with E-state index in [1.165, 1.54) is 0 Å². The number of nitrogens with zero attached hydrogens (tertiary/aromatic N) is 2. The fourth-order valence-electron chi connectivity index (χ4n) is 3.12. The third-order valence-electron chi connectivity index (χ3n) is 4.42. The third kappa shape index (κ3) is 2.75. The van der Waals surface area contributed by atoms with E-state index in [2.05, 4.69) is 15.4 Å².